The predicted molar refractivity (Wildman–Crippen MR) is 90.3 cm³/mol. The summed E-state index contributed by atoms with van der Waals surface area (Å²) in [4.78, 5) is 2.34. The maximum atomic E-state index is 9.93. The van der Waals surface area contributed by atoms with E-state index < -0.39 is 0 Å². The molecular weight excluding hydrogens is 282 g/mol. The van der Waals surface area contributed by atoms with Gasteiger partial charge in [0.2, 0.25) is 0 Å². The largest absolute Gasteiger partial charge is 0.508 e. The number of rotatable bonds is 3. The Morgan fingerprint density at radius 3 is 2.57 bits per heavy atom. The third kappa shape index (κ3) is 3.54. The molecule has 2 nitrogen and oxygen atoms in total. The minimum atomic E-state index is 0. The maximum absolute atomic E-state index is 9.93. The lowest BCUT2D eigenvalue weighted by molar-refractivity contribution is 0.165. The van der Waals surface area contributed by atoms with Crippen molar-refractivity contribution in [2.45, 2.75) is 38.5 Å². The minimum absolute atomic E-state index is 0. The van der Waals surface area contributed by atoms with Crippen molar-refractivity contribution in [3.8, 4) is 5.75 Å². The number of halogens is 1. The fraction of sp³-hybridized carbons (Fsp3) is 0.667. The van der Waals surface area contributed by atoms with Gasteiger partial charge in [-0.15, -0.1) is 12.4 Å². The van der Waals surface area contributed by atoms with Crippen LogP contribution in [0.2, 0.25) is 0 Å². The second kappa shape index (κ2) is 6.58. The predicted octanol–water partition coefficient (Wildman–Crippen LogP) is 4.20. The number of benzene rings is 1. The number of fused-ring (bicyclic) bond motifs is 2. The monoisotopic (exact) mass is 309 g/mol. The lowest BCUT2D eigenvalue weighted by atomic mass is 9.69. The summed E-state index contributed by atoms with van der Waals surface area (Å²) < 4.78 is 0. The van der Waals surface area contributed by atoms with Gasteiger partial charge >= 0.3 is 0 Å². The van der Waals surface area contributed by atoms with Gasteiger partial charge in [-0.3, -0.25) is 0 Å². The summed E-state index contributed by atoms with van der Waals surface area (Å²) >= 11 is 0. The van der Waals surface area contributed by atoms with Crippen LogP contribution in [-0.2, 0) is 0 Å². The first-order valence-electron chi connectivity index (χ1n) is 7.98. The third-order valence-electron chi connectivity index (χ3n) is 5.38. The van der Waals surface area contributed by atoms with Crippen molar-refractivity contribution in [2.75, 3.05) is 20.6 Å². The summed E-state index contributed by atoms with van der Waals surface area (Å²) in [6, 6.07) is 6.16. The first-order valence-corrected chi connectivity index (χ1v) is 7.98. The van der Waals surface area contributed by atoms with Crippen molar-refractivity contribution in [3.05, 3.63) is 29.3 Å². The molecule has 0 radical (unpaired) electrons. The second-order valence-electron chi connectivity index (χ2n) is 7.31. The van der Waals surface area contributed by atoms with E-state index >= 15 is 0 Å². The molecule has 4 unspecified atom stereocenters. The van der Waals surface area contributed by atoms with Crippen molar-refractivity contribution in [1.29, 1.82) is 0 Å². The van der Waals surface area contributed by atoms with Crippen LogP contribution in [0.4, 0.5) is 0 Å². The van der Waals surface area contributed by atoms with E-state index in [1.54, 1.807) is 0 Å². The van der Waals surface area contributed by atoms with Crippen molar-refractivity contribution < 1.29 is 5.11 Å². The average Bonchev–Trinajstić information content (AvgIpc) is 2.74. The van der Waals surface area contributed by atoms with Crippen LogP contribution in [0, 0.1) is 24.7 Å². The van der Waals surface area contributed by atoms with Crippen LogP contribution in [0.15, 0.2) is 18.2 Å². The number of phenolic OH excluding ortho intramolecular Hbond substituents is 1. The van der Waals surface area contributed by atoms with E-state index in [4.69, 9.17) is 0 Å². The summed E-state index contributed by atoms with van der Waals surface area (Å²) in [5, 5.41) is 9.93. The Bertz CT molecular complexity index is 468. The van der Waals surface area contributed by atoms with Crippen LogP contribution in [-0.4, -0.2) is 30.6 Å². The Labute approximate surface area is 135 Å². The molecule has 2 bridgehead atoms. The highest BCUT2D eigenvalue weighted by Gasteiger charge is 2.42. The number of aryl methyl sites for hydroxylation is 1. The van der Waals surface area contributed by atoms with Crippen LogP contribution >= 0.6 is 12.4 Å². The molecule has 1 aromatic carbocycles. The molecular formula is C18H28ClNO. The number of hydrogen-bond acceptors (Lipinski definition) is 2. The highest BCUT2D eigenvalue weighted by Crippen LogP contribution is 2.52. The van der Waals surface area contributed by atoms with Crippen LogP contribution in [0.5, 0.6) is 5.75 Å². The van der Waals surface area contributed by atoms with Gasteiger partial charge in [0.1, 0.15) is 5.75 Å². The molecule has 1 aromatic rings. The smallest absolute Gasteiger partial charge is 0.116 e. The van der Waals surface area contributed by atoms with E-state index in [9.17, 15) is 5.11 Å². The summed E-state index contributed by atoms with van der Waals surface area (Å²) in [5.41, 5.74) is 2.55. The Morgan fingerprint density at radius 1 is 1.14 bits per heavy atom. The minimum Gasteiger partial charge on any atom is -0.508 e. The SMILES string of the molecule is Cc1cc(O)cc(C2CC3CCC(C3)C2CN(C)C)c1.Cl. The molecule has 3 heteroatoms. The molecule has 2 aliphatic carbocycles. The van der Waals surface area contributed by atoms with Crippen LogP contribution in [0.25, 0.3) is 0 Å². The molecule has 2 saturated carbocycles. The van der Waals surface area contributed by atoms with E-state index in [-0.39, 0.29) is 12.4 Å². The van der Waals surface area contributed by atoms with E-state index in [1.807, 2.05) is 12.1 Å². The zero-order valence-electron chi connectivity index (χ0n) is 13.4. The molecule has 0 spiro atoms. The first kappa shape index (κ1) is 16.6. The van der Waals surface area contributed by atoms with Gasteiger partial charge < -0.3 is 10.0 Å². The zero-order chi connectivity index (χ0) is 14.3. The normalized spacial score (nSPS) is 31.2. The van der Waals surface area contributed by atoms with Crippen LogP contribution in [0.1, 0.15) is 42.7 Å². The van der Waals surface area contributed by atoms with Gasteiger partial charge in [-0.1, -0.05) is 12.5 Å². The van der Waals surface area contributed by atoms with E-state index in [0.29, 0.717) is 11.7 Å². The Hall–Kier alpha value is -0.730. The molecule has 21 heavy (non-hydrogen) atoms. The highest BCUT2D eigenvalue weighted by molar-refractivity contribution is 5.85. The van der Waals surface area contributed by atoms with E-state index in [2.05, 4.69) is 32.0 Å². The molecule has 0 heterocycles. The van der Waals surface area contributed by atoms with Gasteiger partial charge in [-0.2, -0.15) is 0 Å². The van der Waals surface area contributed by atoms with Gasteiger partial charge in [0.25, 0.3) is 0 Å². The molecule has 0 saturated heterocycles. The Morgan fingerprint density at radius 2 is 1.90 bits per heavy atom. The average molecular weight is 310 g/mol. The maximum Gasteiger partial charge on any atom is 0.116 e. The number of nitrogens with zero attached hydrogens (tertiary/aromatic N) is 1. The molecule has 1 N–H and O–H groups in total. The molecule has 0 aliphatic heterocycles. The van der Waals surface area contributed by atoms with E-state index in [0.717, 1.165) is 17.8 Å². The third-order valence-corrected chi connectivity index (χ3v) is 5.38. The zero-order valence-corrected chi connectivity index (χ0v) is 14.2. The molecule has 2 fully saturated rings. The quantitative estimate of drug-likeness (QED) is 0.904. The van der Waals surface area contributed by atoms with Crippen molar-refractivity contribution >= 4 is 12.4 Å². The second-order valence-corrected chi connectivity index (χ2v) is 7.31. The van der Waals surface area contributed by atoms with E-state index in [1.165, 1.54) is 43.4 Å². The fourth-order valence-electron chi connectivity index (χ4n) is 4.67. The lowest BCUT2D eigenvalue weighted by Crippen LogP contribution is -2.34. The highest BCUT2D eigenvalue weighted by atomic mass is 35.5. The van der Waals surface area contributed by atoms with Gasteiger partial charge in [0.05, 0.1) is 0 Å². The number of hydrogen-bond donors (Lipinski definition) is 1. The van der Waals surface area contributed by atoms with Gasteiger partial charge in [-0.05, 0) is 87.2 Å². The number of phenols is 1. The van der Waals surface area contributed by atoms with Crippen molar-refractivity contribution in [2.24, 2.45) is 17.8 Å². The topological polar surface area (TPSA) is 23.5 Å². The Kier molecular flexibility index (Phi) is 5.21. The lowest BCUT2D eigenvalue weighted by Gasteiger charge is -2.39. The van der Waals surface area contributed by atoms with Crippen LogP contribution < -0.4 is 0 Å². The van der Waals surface area contributed by atoms with Crippen LogP contribution in [0.3, 0.4) is 0 Å². The fourth-order valence-corrected chi connectivity index (χ4v) is 4.67. The molecule has 118 valence electrons. The summed E-state index contributed by atoms with van der Waals surface area (Å²) in [6.45, 7) is 3.26. The summed E-state index contributed by atoms with van der Waals surface area (Å²) in [6.07, 6.45) is 5.59. The standard InChI is InChI=1S/C18H27NO.ClH/c1-12-6-15(10-16(20)7-12)17-9-13-4-5-14(8-13)18(17)11-19(2)3;/h6-7,10,13-14,17-18,20H,4-5,8-9,11H2,1-3H3;1H. The van der Waals surface area contributed by atoms with Gasteiger partial charge in [0.15, 0.2) is 0 Å². The van der Waals surface area contributed by atoms with Crippen molar-refractivity contribution in [1.82, 2.24) is 4.90 Å². The molecule has 3 rings (SSSR count). The molecule has 4 atom stereocenters. The summed E-state index contributed by atoms with van der Waals surface area (Å²) in [5.74, 6) is 3.63. The summed E-state index contributed by atoms with van der Waals surface area (Å²) in [7, 11) is 4.37. The van der Waals surface area contributed by atoms with Gasteiger partial charge in [0, 0.05) is 6.54 Å². The Balaban J connectivity index is 0.00000161. The molecule has 2 aliphatic rings. The van der Waals surface area contributed by atoms with Crippen molar-refractivity contribution in [3.63, 3.8) is 0 Å². The number of aromatic hydroxyl groups is 1. The van der Waals surface area contributed by atoms with Gasteiger partial charge in [-0.25, -0.2) is 0 Å². The molecule has 0 aromatic heterocycles. The first-order chi connectivity index (χ1) is 9.52. The molecule has 0 amide bonds.